The third-order valence-electron chi connectivity index (χ3n) is 6.74. The Morgan fingerprint density at radius 3 is 2.33 bits per heavy atom. The number of esters is 2. The van der Waals surface area contributed by atoms with Crippen LogP contribution in [0, 0.1) is 0 Å². The molecule has 40 heavy (non-hydrogen) atoms. The van der Waals surface area contributed by atoms with Gasteiger partial charge in [0.05, 0.1) is 45.8 Å². The summed E-state index contributed by atoms with van der Waals surface area (Å²) in [6, 6.07) is 13.5. The van der Waals surface area contributed by atoms with Crippen molar-refractivity contribution >= 4 is 22.9 Å². The van der Waals surface area contributed by atoms with Crippen LogP contribution >= 0.6 is 0 Å². The molecule has 4 aromatic rings. The lowest BCUT2D eigenvalue weighted by Crippen LogP contribution is -2.22. The molecule has 5 rings (SSSR count). The van der Waals surface area contributed by atoms with Crippen molar-refractivity contribution < 1.29 is 42.4 Å². The molecule has 1 atom stereocenters. The van der Waals surface area contributed by atoms with Crippen LogP contribution in [0.1, 0.15) is 23.5 Å². The van der Waals surface area contributed by atoms with Crippen LogP contribution in [-0.2, 0) is 14.3 Å². The number of carbonyl (C=O) groups excluding carboxylic acids is 2. The van der Waals surface area contributed by atoms with Crippen molar-refractivity contribution in [2.45, 2.75) is 12.3 Å². The van der Waals surface area contributed by atoms with E-state index in [0.29, 0.717) is 62.0 Å². The topological polar surface area (TPSA) is 120 Å². The molecule has 2 heterocycles. The third-order valence-corrected chi connectivity index (χ3v) is 6.74. The maximum absolute atomic E-state index is 13.7. The van der Waals surface area contributed by atoms with E-state index in [9.17, 15) is 14.4 Å². The molecule has 0 saturated heterocycles. The van der Waals surface area contributed by atoms with E-state index in [1.807, 2.05) is 0 Å². The Balaban J connectivity index is 1.60. The van der Waals surface area contributed by atoms with Crippen LogP contribution in [0.25, 0.3) is 22.1 Å². The lowest BCUT2D eigenvalue weighted by molar-refractivity contribution is -0.143. The average Bonchev–Trinajstić information content (AvgIpc) is 2.98. The number of hydrogen-bond acceptors (Lipinski definition) is 10. The molecular weight excluding hydrogens is 520 g/mol. The number of hydrogen-bond donors (Lipinski definition) is 0. The molecule has 0 saturated carbocycles. The van der Waals surface area contributed by atoms with Crippen LogP contribution in [0.15, 0.2) is 64.0 Å². The minimum atomic E-state index is -0.538. The summed E-state index contributed by atoms with van der Waals surface area (Å²) in [7, 11) is 5.79. The summed E-state index contributed by atoms with van der Waals surface area (Å²) in [4.78, 5) is 37.7. The van der Waals surface area contributed by atoms with Crippen LogP contribution in [0.3, 0.4) is 0 Å². The minimum Gasteiger partial charge on any atom is -0.493 e. The highest BCUT2D eigenvalue weighted by Gasteiger charge is 2.33. The molecule has 1 aliphatic rings. The third kappa shape index (κ3) is 4.79. The molecule has 0 bridgehead atoms. The van der Waals surface area contributed by atoms with Gasteiger partial charge >= 0.3 is 11.9 Å². The number of ether oxygens (including phenoxy) is 6. The molecule has 1 aliphatic heterocycles. The van der Waals surface area contributed by atoms with Crippen molar-refractivity contribution in [3.05, 3.63) is 76.1 Å². The van der Waals surface area contributed by atoms with Gasteiger partial charge in [0, 0.05) is 11.5 Å². The smallest absolute Gasteiger partial charge is 0.343 e. The van der Waals surface area contributed by atoms with Crippen LogP contribution in [0.5, 0.6) is 28.7 Å². The molecule has 0 spiro atoms. The average molecular weight is 547 g/mol. The Kier molecular flexibility index (Phi) is 7.33. The molecule has 0 aliphatic carbocycles. The van der Waals surface area contributed by atoms with E-state index in [4.69, 9.17) is 28.1 Å². The van der Waals surface area contributed by atoms with Crippen molar-refractivity contribution in [2.75, 3.05) is 35.0 Å². The zero-order chi connectivity index (χ0) is 28.4. The van der Waals surface area contributed by atoms with Crippen molar-refractivity contribution in [1.29, 1.82) is 0 Å². The van der Waals surface area contributed by atoms with Gasteiger partial charge in [0.1, 0.15) is 17.6 Å². The summed E-state index contributed by atoms with van der Waals surface area (Å²) in [6.45, 7) is -0.289. The van der Waals surface area contributed by atoms with Gasteiger partial charge in [-0.25, -0.2) is 4.79 Å². The Morgan fingerprint density at radius 2 is 1.60 bits per heavy atom. The van der Waals surface area contributed by atoms with E-state index in [-0.39, 0.29) is 18.5 Å². The fourth-order valence-corrected chi connectivity index (χ4v) is 4.76. The molecule has 0 N–H and O–H groups in total. The number of fused-ring (bicyclic) bond motifs is 3. The highest BCUT2D eigenvalue weighted by molar-refractivity contribution is 5.90. The lowest BCUT2D eigenvalue weighted by Gasteiger charge is -2.26. The first kappa shape index (κ1) is 26.6. The van der Waals surface area contributed by atoms with Gasteiger partial charge < -0.3 is 32.8 Å². The standard InChI is InChI=1S/C30H26O10/c1-34-21-8-5-17(12-24(21)35-2)20-14-39-30-18(29(20)33)7-10-23-28(30)19(13-26(31)40-23)16-6-9-22(25(11-16)36-3)38-15-27(32)37-4/h5-12,14,19H,13,15H2,1-4H3. The van der Waals surface area contributed by atoms with Crippen molar-refractivity contribution in [3.63, 3.8) is 0 Å². The normalized spacial score (nSPS) is 14.2. The van der Waals surface area contributed by atoms with Crippen LogP contribution in [0.2, 0.25) is 0 Å². The molecule has 0 fully saturated rings. The predicted molar refractivity (Wildman–Crippen MR) is 144 cm³/mol. The maximum atomic E-state index is 13.7. The number of benzene rings is 3. The molecule has 206 valence electrons. The van der Waals surface area contributed by atoms with Crippen LogP contribution < -0.4 is 29.1 Å². The molecule has 3 aromatic carbocycles. The van der Waals surface area contributed by atoms with Gasteiger partial charge in [0.2, 0.25) is 5.43 Å². The first-order chi connectivity index (χ1) is 19.4. The Labute approximate surface area is 228 Å². The highest BCUT2D eigenvalue weighted by atomic mass is 16.6. The summed E-state index contributed by atoms with van der Waals surface area (Å²) in [6.07, 6.45) is 1.41. The van der Waals surface area contributed by atoms with E-state index in [1.54, 1.807) is 48.5 Å². The van der Waals surface area contributed by atoms with Gasteiger partial charge in [0.15, 0.2) is 29.6 Å². The summed E-state index contributed by atoms with van der Waals surface area (Å²) < 4.78 is 37.9. The monoisotopic (exact) mass is 546 g/mol. The molecule has 0 radical (unpaired) electrons. The predicted octanol–water partition coefficient (Wildman–Crippen LogP) is 4.48. The summed E-state index contributed by atoms with van der Waals surface area (Å²) in [5, 5.41) is 0.332. The quantitative estimate of drug-likeness (QED) is 0.231. The summed E-state index contributed by atoms with van der Waals surface area (Å²) in [5.74, 6) is 0.547. The largest absolute Gasteiger partial charge is 0.493 e. The second-order valence-corrected chi connectivity index (χ2v) is 8.91. The van der Waals surface area contributed by atoms with Gasteiger partial charge in [-0.1, -0.05) is 12.1 Å². The van der Waals surface area contributed by atoms with Gasteiger partial charge in [-0.3, -0.25) is 9.59 Å². The van der Waals surface area contributed by atoms with Gasteiger partial charge in [-0.2, -0.15) is 0 Å². The Hall–Kier alpha value is -4.99. The van der Waals surface area contributed by atoms with Gasteiger partial charge in [-0.05, 0) is 47.5 Å². The highest BCUT2D eigenvalue weighted by Crippen LogP contribution is 2.44. The Bertz CT molecular complexity index is 1670. The molecule has 1 unspecified atom stereocenters. The molecular formula is C30H26O10. The van der Waals surface area contributed by atoms with E-state index < -0.39 is 17.9 Å². The molecule has 0 amide bonds. The summed E-state index contributed by atoms with van der Waals surface area (Å²) >= 11 is 0. The SMILES string of the molecule is COC(=O)COc1ccc(C2CC(=O)Oc3ccc4c(=O)c(-c5ccc(OC)c(OC)c5)coc4c32)cc1OC. The fourth-order valence-electron chi connectivity index (χ4n) is 4.76. The van der Waals surface area contributed by atoms with Crippen molar-refractivity contribution in [1.82, 2.24) is 0 Å². The van der Waals surface area contributed by atoms with Gasteiger partial charge in [-0.15, -0.1) is 0 Å². The van der Waals surface area contributed by atoms with E-state index in [2.05, 4.69) is 4.74 Å². The minimum absolute atomic E-state index is 0.0127. The first-order valence-corrected chi connectivity index (χ1v) is 12.3. The number of rotatable bonds is 8. The molecule has 1 aromatic heterocycles. The maximum Gasteiger partial charge on any atom is 0.343 e. The Morgan fingerprint density at radius 1 is 0.875 bits per heavy atom. The van der Waals surface area contributed by atoms with E-state index in [1.165, 1.54) is 34.7 Å². The van der Waals surface area contributed by atoms with Gasteiger partial charge in [0.25, 0.3) is 0 Å². The molecule has 10 nitrogen and oxygen atoms in total. The van der Waals surface area contributed by atoms with Crippen LogP contribution in [0.4, 0.5) is 0 Å². The number of methoxy groups -OCH3 is 4. The molecule has 10 heteroatoms. The van der Waals surface area contributed by atoms with Crippen molar-refractivity contribution in [2.24, 2.45) is 0 Å². The zero-order valence-electron chi connectivity index (χ0n) is 22.3. The van der Waals surface area contributed by atoms with E-state index in [0.717, 1.165) is 0 Å². The van der Waals surface area contributed by atoms with E-state index >= 15 is 0 Å². The second kappa shape index (κ2) is 11.0. The lowest BCUT2D eigenvalue weighted by atomic mass is 9.85. The zero-order valence-corrected chi connectivity index (χ0v) is 22.3. The number of carbonyl (C=O) groups is 2. The first-order valence-electron chi connectivity index (χ1n) is 12.3. The fraction of sp³-hybridized carbons (Fsp3) is 0.233. The second-order valence-electron chi connectivity index (χ2n) is 8.91. The van der Waals surface area contributed by atoms with Crippen molar-refractivity contribution in [3.8, 4) is 39.9 Å². The van der Waals surface area contributed by atoms with Crippen LogP contribution in [-0.4, -0.2) is 47.0 Å². The summed E-state index contributed by atoms with van der Waals surface area (Å²) in [5.41, 5.74) is 2.27.